The number of hydrogen-bond donors (Lipinski definition) is 1. The Kier molecular flexibility index (Phi) is 7.59. The third-order valence-corrected chi connectivity index (χ3v) is 5.46. The van der Waals surface area contributed by atoms with E-state index < -0.39 is 11.2 Å². The Labute approximate surface area is 147 Å². The summed E-state index contributed by atoms with van der Waals surface area (Å²) in [6.07, 6.45) is 7.28. The number of likely N-dealkylation sites (tertiary alicyclic amines) is 1. The number of rotatable bonds is 10. The van der Waals surface area contributed by atoms with Crippen molar-refractivity contribution in [3.8, 4) is 0 Å². The lowest BCUT2D eigenvalue weighted by molar-refractivity contribution is -0.145. The normalized spacial score (nSPS) is 18.2. The molecule has 1 saturated heterocycles. The van der Waals surface area contributed by atoms with E-state index >= 15 is 0 Å². The number of nitrogens with zero attached hydrogens (tertiary/aromatic N) is 1. The maximum absolute atomic E-state index is 11.8. The summed E-state index contributed by atoms with van der Waals surface area (Å²) >= 11 is -1.09. The van der Waals surface area contributed by atoms with Crippen molar-refractivity contribution in [1.29, 1.82) is 0 Å². The molecule has 1 aliphatic heterocycles. The van der Waals surface area contributed by atoms with Crippen LogP contribution in [-0.2, 0) is 27.2 Å². The zero-order valence-electron chi connectivity index (χ0n) is 14.2. The molecule has 1 N–H and O–H groups in total. The Balaban J connectivity index is 1.50. The van der Waals surface area contributed by atoms with Crippen LogP contribution in [0.3, 0.4) is 0 Å². The zero-order chi connectivity index (χ0) is 17.4. The van der Waals surface area contributed by atoms with Crippen molar-refractivity contribution in [2.24, 2.45) is 0 Å². The Morgan fingerprint density at radius 2 is 1.96 bits per heavy atom. The molecule has 2 unspecified atom stereocenters. The largest absolute Gasteiger partial charge is 0.615 e. The number of carbonyl (C=O) groups excluding carboxylic acids is 2. The van der Waals surface area contributed by atoms with Crippen LogP contribution in [0.25, 0.3) is 0 Å². The van der Waals surface area contributed by atoms with E-state index in [9.17, 15) is 14.1 Å². The number of β-lactam (4-membered cyclic amide) rings is 1. The predicted molar refractivity (Wildman–Crippen MR) is 95.8 cm³/mol. The van der Waals surface area contributed by atoms with Crippen molar-refractivity contribution >= 4 is 23.0 Å². The molecule has 1 aromatic carbocycles. The average molecular weight is 350 g/mol. The van der Waals surface area contributed by atoms with Gasteiger partial charge in [-0.3, -0.25) is 14.5 Å². The Morgan fingerprint density at radius 3 is 2.62 bits per heavy atom. The van der Waals surface area contributed by atoms with Gasteiger partial charge in [-0.15, -0.1) is 0 Å². The maximum Gasteiger partial charge on any atom is 0.239 e. The molecule has 1 fully saturated rings. The van der Waals surface area contributed by atoms with Crippen LogP contribution in [0.15, 0.2) is 30.3 Å². The molecule has 2 atom stereocenters. The summed E-state index contributed by atoms with van der Waals surface area (Å²) in [5, 5.41) is 2.55. The lowest BCUT2D eigenvalue weighted by Crippen LogP contribution is -2.58. The third kappa shape index (κ3) is 5.83. The van der Waals surface area contributed by atoms with Crippen LogP contribution in [0.5, 0.6) is 0 Å². The van der Waals surface area contributed by atoms with Gasteiger partial charge in [0.05, 0.1) is 12.7 Å². The molecular weight excluding hydrogens is 324 g/mol. The van der Waals surface area contributed by atoms with Crippen molar-refractivity contribution < 1.29 is 14.1 Å². The van der Waals surface area contributed by atoms with Gasteiger partial charge >= 0.3 is 0 Å². The van der Waals surface area contributed by atoms with Crippen LogP contribution in [0, 0.1) is 0 Å². The molecule has 24 heavy (non-hydrogen) atoms. The number of carbonyl (C=O) groups is 2. The number of amides is 2. The van der Waals surface area contributed by atoms with Gasteiger partial charge in [0.25, 0.3) is 0 Å². The van der Waals surface area contributed by atoms with Gasteiger partial charge in [-0.05, 0) is 36.0 Å². The van der Waals surface area contributed by atoms with Crippen molar-refractivity contribution in [1.82, 2.24) is 10.2 Å². The third-order valence-electron chi connectivity index (χ3n) is 4.27. The monoisotopic (exact) mass is 350 g/mol. The number of aryl methyl sites for hydroxylation is 1. The molecule has 0 aromatic heterocycles. The summed E-state index contributed by atoms with van der Waals surface area (Å²) in [7, 11) is 0. The zero-order valence-corrected chi connectivity index (χ0v) is 15.0. The molecule has 5 nitrogen and oxygen atoms in total. The molecule has 2 amide bonds. The van der Waals surface area contributed by atoms with E-state index in [1.807, 2.05) is 6.07 Å². The molecule has 1 heterocycles. The molecule has 0 bridgehead atoms. The highest BCUT2D eigenvalue weighted by atomic mass is 32.2. The predicted octanol–water partition coefficient (Wildman–Crippen LogP) is 1.84. The summed E-state index contributed by atoms with van der Waals surface area (Å²) in [4.78, 5) is 24.7. The van der Waals surface area contributed by atoms with Gasteiger partial charge in [0.1, 0.15) is 6.54 Å². The molecule has 132 valence electrons. The first-order chi connectivity index (χ1) is 11.6. The van der Waals surface area contributed by atoms with Crippen LogP contribution in [0.4, 0.5) is 0 Å². The van der Waals surface area contributed by atoms with E-state index in [1.165, 1.54) is 10.5 Å². The van der Waals surface area contributed by atoms with Gasteiger partial charge in [-0.1, -0.05) is 43.2 Å². The average Bonchev–Trinajstić information content (AvgIpc) is 2.57. The number of unbranched alkanes of at least 4 members (excludes halogenated alkanes) is 3. The van der Waals surface area contributed by atoms with E-state index in [-0.39, 0.29) is 30.2 Å². The van der Waals surface area contributed by atoms with E-state index in [4.69, 9.17) is 0 Å². The Hall–Kier alpha value is -1.53. The van der Waals surface area contributed by atoms with Crippen molar-refractivity contribution in [2.75, 3.05) is 19.3 Å². The fraction of sp³-hybridized carbons (Fsp3) is 0.556. The maximum atomic E-state index is 11.8. The first-order valence-electron chi connectivity index (χ1n) is 8.50. The molecule has 1 aromatic rings. The molecule has 0 radical (unpaired) electrons. The summed E-state index contributed by atoms with van der Waals surface area (Å²) < 4.78 is 11.4. The van der Waals surface area contributed by atoms with Crippen LogP contribution < -0.4 is 5.32 Å². The van der Waals surface area contributed by atoms with Crippen molar-refractivity contribution in [2.45, 2.75) is 43.9 Å². The first-order valence-corrected chi connectivity index (χ1v) is 10.1. The smallest absolute Gasteiger partial charge is 0.239 e. The van der Waals surface area contributed by atoms with Gasteiger partial charge in [0.2, 0.25) is 11.8 Å². The fourth-order valence-electron chi connectivity index (χ4n) is 2.80. The SMILES string of the molecule is C[S+]([O-])C1CC(=O)N1CC(=O)NCCCCCCc1ccccc1. The fourth-order valence-corrected chi connectivity index (χ4v) is 3.73. The lowest BCUT2D eigenvalue weighted by Gasteiger charge is -2.38. The van der Waals surface area contributed by atoms with Crippen molar-refractivity contribution in [3.05, 3.63) is 35.9 Å². The van der Waals surface area contributed by atoms with Gasteiger partial charge in [-0.2, -0.15) is 0 Å². The molecule has 2 rings (SSSR count). The van der Waals surface area contributed by atoms with Gasteiger partial charge < -0.3 is 9.87 Å². The molecule has 6 heteroatoms. The van der Waals surface area contributed by atoms with E-state index in [2.05, 4.69) is 29.6 Å². The van der Waals surface area contributed by atoms with E-state index in [0.29, 0.717) is 6.54 Å². The number of benzene rings is 1. The molecule has 0 saturated carbocycles. The summed E-state index contributed by atoms with van der Waals surface area (Å²) in [6, 6.07) is 10.4. The molecular formula is C18H26N2O3S. The Bertz CT molecular complexity index is 536. The highest BCUT2D eigenvalue weighted by Crippen LogP contribution is 2.22. The minimum atomic E-state index is -1.09. The van der Waals surface area contributed by atoms with Crippen LogP contribution >= 0.6 is 0 Å². The van der Waals surface area contributed by atoms with Gasteiger partial charge in [-0.25, -0.2) is 0 Å². The minimum absolute atomic E-state index is 0.0249. The quantitative estimate of drug-likeness (QED) is 0.398. The lowest BCUT2D eigenvalue weighted by atomic mass is 10.1. The summed E-state index contributed by atoms with van der Waals surface area (Å²) in [5.74, 6) is -0.256. The highest BCUT2D eigenvalue weighted by Gasteiger charge is 2.43. The van der Waals surface area contributed by atoms with Crippen molar-refractivity contribution in [3.63, 3.8) is 0 Å². The Morgan fingerprint density at radius 1 is 1.25 bits per heavy atom. The molecule has 1 aliphatic rings. The topological polar surface area (TPSA) is 72.5 Å². The van der Waals surface area contributed by atoms with Crippen LogP contribution in [-0.4, -0.2) is 46.0 Å². The highest BCUT2D eigenvalue weighted by molar-refractivity contribution is 7.91. The second-order valence-corrected chi connectivity index (χ2v) is 7.72. The second-order valence-electron chi connectivity index (χ2n) is 6.18. The van der Waals surface area contributed by atoms with Crippen LogP contribution in [0.2, 0.25) is 0 Å². The molecule has 0 spiro atoms. The molecule has 0 aliphatic carbocycles. The van der Waals surface area contributed by atoms with E-state index in [0.717, 1.165) is 32.1 Å². The summed E-state index contributed by atoms with van der Waals surface area (Å²) in [5.41, 5.74) is 1.37. The number of nitrogens with one attached hydrogen (secondary N) is 1. The van der Waals surface area contributed by atoms with E-state index in [1.54, 1.807) is 6.26 Å². The second kappa shape index (κ2) is 9.69. The van der Waals surface area contributed by atoms with Crippen LogP contribution in [0.1, 0.15) is 37.7 Å². The first kappa shape index (κ1) is 18.8. The van der Waals surface area contributed by atoms with Gasteiger partial charge in [0, 0.05) is 6.54 Å². The number of hydrogen-bond acceptors (Lipinski definition) is 3. The standard InChI is InChI=1S/C18H26N2O3S/c1-24(23)18-13-17(22)20(18)14-16(21)19-12-8-3-2-5-9-15-10-6-4-7-11-15/h4,6-7,10-11,18H,2-3,5,8-9,12-14H2,1H3,(H,19,21). The summed E-state index contributed by atoms with van der Waals surface area (Å²) in [6.45, 7) is 0.656. The van der Waals surface area contributed by atoms with Gasteiger partial charge in [0.15, 0.2) is 5.37 Å². The minimum Gasteiger partial charge on any atom is -0.615 e.